The Labute approximate surface area is 140 Å². The van der Waals surface area contributed by atoms with Crippen molar-refractivity contribution in [3.8, 4) is 6.07 Å². The number of amides is 1. The number of carbonyl (C=O) groups is 1. The van der Waals surface area contributed by atoms with Gasteiger partial charge in [-0.2, -0.15) is 10.2 Å². The standard InChI is InChI=1S/C17H18N6O/c1-22-7-9-23(10-8-22)17-19-12-14(11-18)15(21-17)20-16(24)13-5-3-2-4-6-13/h2-6,12H,7-10H2,1H3,(H,19,20,21,24). The molecule has 0 saturated carbocycles. The Morgan fingerprint density at radius 3 is 2.58 bits per heavy atom. The number of nitrogens with zero attached hydrogens (tertiary/aromatic N) is 5. The summed E-state index contributed by atoms with van der Waals surface area (Å²) in [4.78, 5) is 25.3. The molecule has 1 aliphatic heterocycles. The highest BCUT2D eigenvalue weighted by Crippen LogP contribution is 2.18. The maximum absolute atomic E-state index is 12.3. The minimum absolute atomic E-state index is 0.246. The first kappa shape index (κ1) is 15.9. The molecule has 1 aliphatic rings. The van der Waals surface area contributed by atoms with Gasteiger partial charge in [-0.3, -0.25) is 4.79 Å². The third-order valence-electron chi connectivity index (χ3n) is 3.95. The molecule has 24 heavy (non-hydrogen) atoms. The van der Waals surface area contributed by atoms with E-state index in [0.717, 1.165) is 26.2 Å². The SMILES string of the molecule is CN1CCN(c2ncc(C#N)c(NC(=O)c3ccccc3)n2)CC1. The fourth-order valence-corrected chi connectivity index (χ4v) is 2.48. The van der Waals surface area contributed by atoms with Crippen LogP contribution in [0.15, 0.2) is 36.5 Å². The first-order chi connectivity index (χ1) is 11.7. The molecule has 1 N–H and O–H groups in total. The van der Waals surface area contributed by atoms with E-state index < -0.39 is 0 Å². The van der Waals surface area contributed by atoms with Crippen LogP contribution in [0.5, 0.6) is 0 Å². The molecule has 2 heterocycles. The molecular formula is C17H18N6O. The molecule has 0 atom stereocenters. The molecule has 0 radical (unpaired) electrons. The largest absolute Gasteiger partial charge is 0.338 e. The second-order valence-electron chi connectivity index (χ2n) is 5.65. The fourth-order valence-electron chi connectivity index (χ4n) is 2.48. The summed E-state index contributed by atoms with van der Waals surface area (Å²) in [5.41, 5.74) is 0.762. The van der Waals surface area contributed by atoms with Gasteiger partial charge < -0.3 is 15.1 Å². The Balaban J connectivity index is 1.82. The number of piperazine rings is 1. The monoisotopic (exact) mass is 322 g/mol. The van der Waals surface area contributed by atoms with Gasteiger partial charge in [0.05, 0.1) is 6.20 Å². The van der Waals surface area contributed by atoms with Crippen LogP contribution in [0.4, 0.5) is 11.8 Å². The van der Waals surface area contributed by atoms with Crippen molar-refractivity contribution in [3.63, 3.8) is 0 Å². The normalized spacial score (nSPS) is 14.9. The quantitative estimate of drug-likeness (QED) is 0.918. The fraction of sp³-hybridized carbons (Fsp3) is 0.294. The molecular weight excluding hydrogens is 304 g/mol. The lowest BCUT2D eigenvalue weighted by Crippen LogP contribution is -2.45. The molecule has 0 unspecified atom stereocenters. The van der Waals surface area contributed by atoms with E-state index in [1.54, 1.807) is 24.3 Å². The summed E-state index contributed by atoms with van der Waals surface area (Å²) in [5.74, 6) is 0.482. The summed E-state index contributed by atoms with van der Waals surface area (Å²) < 4.78 is 0. The highest BCUT2D eigenvalue weighted by Gasteiger charge is 2.19. The third kappa shape index (κ3) is 3.50. The van der Waals surface area contributed by atoms with Crippen molar-refractivity contribution in [3.05, 3.63) is 47.7 Å². The van der Waals surface area contributed by atoms with Gasteiger partial charge in [0.25, 0.3) is 5.91 Å². The van der Waals surface area contributed by atoms with Crippen molar-refractivity contribution in [2.75, 3.05) is 43.4 Å². The number of nitriles is 1. The zero-order valence-corrected chi connectivity index (χ0v) is 13.4. The van der Waals surface area contributed by atoms with Crippen molar-refractivity contribution >= 4 is 17.7 Å². The maximum atomic E-state index is 12.3. The van der Waals surface area contributed by atoms with E-state index >= 15 is 0 Å². The topological polar surface area (TPSA) is 85.1 Å². The summed E-state index contributed by atoms with van der Waals surface area (Å²) in [6.45, 7) is 3.48. The van der Waals surface area contributed by atoms with E-state index in [0.29, 0.717) is 11.5 Å². The highest BCUT2D eigenvalue weighted by molar-refractivity contribution is 6.04. The van der Waals surface area contributed by atoms with Crippen LogP contribution >= 0.6 is 0 Å². The van der Waals surface area contributed by atoms with Gasteiger partial charge in [0.1, 0.15) is 11.6 Å². The number of carbonyl (C=O) groups excluding carboxylic acids is 1. The van der Waals surface area contributed by atoms with E-state index in [1.165, 1.54) is 6.20 Å². The molecule has 7 heteroatoms. The predicted octanol–water partition coefficient (Wildman–Crippen LogP) is 1.35. The Kier molecular flexibility index (Phi) is 4.68. The van der Waals surface area contributed by atoms with Gasteiger partial charge in [-0.1, -0.05) is 18.2 Å². The molecule has 7 nitrogen and oxygen atoms in total. The lowest BCUT2D eigenvalue weighted by Gasteiger charge is -2.32. The smallest absolute Gasteiger partial charge is 0.256 e. The summed E-state index contributed by atoms with van der Waals surface area (Å²) in [7, 11) is 2.07. The first-order valence-corrected chi connectivity index (χ1v) is 7.74. The van der Waals surface area contributed by atoms with Gasteiger partial charge in [0.15, 0.2) is 5.82 Å². The van der Waals surface area contributed by atoms with E-state index in [1.807, 2.05) is 12.1 Å². The minimum atomic E-state index is -0.296. The molecule has 3 rings (SSSR count). The number of anilines is 2. The lowest BCUT2D eigenvalue weighted by molar-refractivity contribution is 0.102. The second kappa shape index (κ2) is 7.06. The third-order valence-corrected chi connectivity index (χ3v) is 3.95. The van der Waals surface area contributed by atoms with E-state index in [4.69, 9.17) is 0 Å². The molecule has 1 fully saturated rings. The van der Waals surface area contributed by atoms with Crippen LogP contribution in [0, 0.1) is 11.3 Å². The number of hydrogen-bond donors (Lipinski definition) is 1. The van der Waals surface area contributed by atoms with E-state index in [9.17, 15) is 10.1 Å². The van der Waals surface area contributed by atoms with Gasteiger partial charge in [-0.05, 0) is 19.2 Å². The molecule has 1 aromatic heterocycles. The molecule has 1 aromatic carbocycles. The van der Waals surface area contributed by atoms with Crippen LogP contribution in [0.1, 0.15) is 15.9 Å². The highest BCUT2D eigenvalue weighted by atomic mass is 16.1. The zero-order valence-electron chi connectivity index (χ0n) is 13.4. The first-order valence-electron chi connectivity index (χ1n) is 7.74. The van der Waals surface area contributed by atoms with Crippen molar-refractivity contribution in [1.29, 1.82) is 5.26 Å². The van der Waals surface area contributed by atoms with Crippen LogP contribution in [-0.2, 0) is 0 Å². The Morgan fingerprint density at radius 1 is 1.21 bits per heavy atom. The molecule has 0 spiro atoms. The Morgan fingerprint density at radius 2 is 1.92 bits per heavy atom. The number of hydrogen-bond acceptors (Lipinski definition) is 6. The van der Waals surface area contributed by atoms with Gasteiger partial charge in [0.2, 0.25) is 5.95 Å². The van der Waals surface area contributed by atoms with Crippen molar-refractivity contribution in [2.24, 2.45) is 0 Å². The summed E-state index contributed by atoms with van der Waals surface area (Å²) in [6, 6.07) is 10.9. The van der Waals surface area contributed by atoms with Crippen molar-refractivity contribution in [2.45, 2.75) is 0 Å². The van der Waals surface area contributed by atoms with Gasteiger partial charge in [-0.15, -0.1) is 0 Å². The van der Waals surface area contributed by atoms with Crippen LogP contribution in [0.3, 0.4) is 0 Å². The minimum Gasteiger partial charge on any atom is -0.338 e. The Bertz CT molecular complexity index is 762. The predicted molar refractivity (Wildman–Crippen MR) is 90.9 cm³/mol. The number of rotatable bonds is 3. The summed E-state index contributed by atoms with van der Waals surface area (Å²) in [6.07, 6.45) is 1.46. The summed E-state index contributed by atoms with van der Waals surface area (Å²) in [5, 5.41) is 12.0. The van der Waals surface area contributed by atoms with Crippen LogP contribution in [0.25, 0.3) is 0 Å². The number of benzene rings is 1. The van der Waals surface area contributed by atoms with Crippen molar-refractivity contribution in [1.82, 2.24) is 14.9 Å². The van der Waals surface area contributed by atoms with Gasteiger partial charge >= 0.3 is 0 Å². The van der Waals surface area contributed by atoms with Crippen LogP contribution in [-0.4, -0.2) is 54.0 Å². The molecule has 122 valence electrons. The van der Waals surface area contributed by atoms with E-state index in [-0.39, 0.29) is 17.3 Å². The van der Waals surface area contributed by atoms with Crippen LogP contribution < -0.4 is 10.2 Å². The van der Waals surface area contributed by atoms with Gasteiger partial charge in [0, 0.05) is 31.7 Å². The Hall–Kier alpha value is -2.98. The second-order valence-corrected chi connectivity index (χ2v) is 5.65. The summed E-state index contributed by atoms with van der Waals surface area (Å²) >= 11 is 0. The van der Waals surface area contributed by atoms with Gasteiger partial charge in [-0.25, -0.2) is 4.98 Å². The number of likely N-dealkylation sites (N-methyl/N-ethyl adjacent to an activating group) is 1. The van der Waals surface area contributed by atoms with Crippen molar-refractivity contribution < 1.29 is 4.79 Å². The maximum Gasteiger partial charge on any atom is 0.256 e. The molecule has 1 amide bonds. The number of aromatic nitrogens is 2. The lowest BCUT2D eigenvalue weighted by atomic mass is 10.2. The van der Waals surface area contributed by atoms with Crippen LogP contribution in [0.2, 0.25) is 0 Å². The molecule has 1 saturated heterocycles. The van der Waals surface area contributed by atoms with E-state index in [2.05, 4.69) is 32.1 Å². The molecule has 0 bridgehead atoms. The average molecular weight is 322 g/mol. The average Bonchev–Trinajstić information content (AvgIpc) is 2.63. The number of nitrogens with one attached hydrogen (secondary N) is 1. The zero-order chi connectivity index (χ0) is 16.9. The molecule has 0 aliphatic carbocycles. The molecule has 2 aromatic rings.